The fourth-order valence-corrected chi connectivity index (χ4v) is 3.39. The molecular weight excluding hydrogens is 264 g/mol. The molecule has 1 aromatic rings. The Morgan fingerprint density at radius 1 is 1.41 bits per heavy atom. The first-order chi connectivity index (χ1) is 8.14. The second-order valence-corrected chi connectivity index (χ2v) is 6.07. The van der Waals surface area contributed by atoms with E-state index < -0.39 is 10.0 Å². The maximum Gasteiger partial charge on any atom is 0.244 e. The molecule has 1 aromatic heterocycles. The molecule has 0 aliphatic carbocycles. The summed E-state index contributed by atoms with van der Waals surface area (Å²) in [4.78, 5) is 3.12. The van der Waals surface area contributed by atoms with Crippen LogP contribution in [0.2, 0.25) is 0 Å². The molecule has 2 heterocycles. The molecule has 2 rings (SSSR count). The molecule has 0 atom stereocenters. The highest BCUT2D eigenvalue weighted by molar-refractivity contribution is 7.89. The number of sulfonamides is 1. The Bertz CT molecular complexity index is 464. The fourth-order valence-electron chi connectivity index (χ4n) is 1.76. The number of rotatable bonds is 3. The Morgan fingerprint density at radius 3 is 2.94 bits per heavy atom. The Labute approximate surface area is 106 Å². The summed E-state index contributed by atoms with van der Waals surface area (Å²) < 4.78 is 31.3. The Balaban J connectivity index is 2.22. The molecule has 17 heavy (non-hydrogen) atoms. The van der Waals surface area contributed by atoms with Crippen LogP contribution in [-0.2, 0) is 20.6 Å². The highest BCUT2D eigenvalue weighted by Gasteiger charge is 2.26. The molecule has 1 fully saturated rings. The number of ether oxygens (including phenoxy) is 1. The number of nitrogens with one attached hydrogen (secondary N) is 1. The van der Waals surface area contributed by atoms with Gasteiger partial charge in [-0.3, -0.25) is 0 Å². The summed E-state index contributed by atoms with van der Waals surface area (Å²) in [5.74, 6) is 0.276. The summed E-state index contributed by atoms with van der Waals surface area (Å²) in [5.41, 5.74) is 0.705. The molecule has 7 heteroatoms. The zero-order valence-corrected chi connectivity index (χ0v) is 10.9. The van der Waals surface area contributed by atoms with E-state index in [4.69, 9.17) is 16.3 Å². The van der Waals surface area contributed by atoms with Gasteiger partial charge in [-0.1, -0.05) is 0 Å². The maximum atomic E-state index is 12.3. The molecule has 0 bridgehead atoms. The summed E-state index contributed by atoms with van der Waals surface area (Å²) in [6.45, 7) is 1.98. The third kappa shape index (κ3) is 2.82. The van der Waals surface area contributed by atoms with Gasteiger partial charge in [0.2, 0.25) is 10.0 Å². The minimum absolute atomic E-state index is 0.273. The van der Waals surface area contributed by atoms with Crippen LogP contribution in [-0.4, -0.2) is 44.0 Å². The number of nitrogens with zero attached hydrogens (tertiary/aromatic N) is 1. The van der Waals surface area contributed by atoms with Gasteiger partial charge in [-0.15, -0.1) is 11.6 Å². The van der Waals surface area contributed by atoms with Gasteiger partial charge < -0.3 is 9.72 Å². The molecular formula is C10H15ClN2O3S. The lowest BCUT2D eigenvalue weighted by Crippen LogP contribution is -2.33. The molecule has 1 aliphatic heterocycles. The van der Waals surface area contributed by atoms with Crippen molar-refractivity contribution in [2.45, 2.75) is 17.2 Å². The van der Waals surface area contributed by atoms with Crippen LogP contribution in [0.3, 0.4) is 0 Å². The summed E-state index contributed by atoms with van der Waals surface area (Å²) in [5, 5.41) is 0. The zero-order valence-electron chi connectivity index (χ0n) is 9.36. The number of hydrogen-bond donors (Lipinski definition) is 1. The van der Waals surface area contributed by atoms with Gasteiger partial charge in [0.05, 0.1) is 17.4 Å². The number of aromatic nitrogens is 1. The van der Waals surface area contributed by atoms with E-state index in [1.807, 2.05) is 0 Å². The Hall–Kier alpha value is -0.560. The third-order valence-electron chi connectivity index (χ3n) is 2.68. The van der Waals surface area contributed by atoms with Crippen LogP contribution in [0.4, 0.5) is 0 Å². The number of aromatic amines is 1. The first-order valence-electron chi connectivity index (χ1n) is 5.46. The minimum atomic E-state index is -3.41. The molecule has 96 valence electrons. The van der Waals surface area contributed by atoms with Gasteiger partial charge in [0.25, 0.3) is 0 Å². The van der Waals surface area contributed by atoms with Crippen molar-refractivity contribution in [3.05, 3.63) is 18.0 Å². The minimum Gasteiger partial charge on any atom is -0.380 e. The standard InChI is InChI=1S/C10H15ClN2O3S/c11-7-9-6-10(8-12-9)17(14,15)13-2-1-4-16-5-3-13/h6,8,12H,1-5,7H2. The number of hydrogen-bond acceptors (Lipinski definition) is 3. The average Bonchev–Trinajstić information content (AvgIpc) is 2.64. The van der Waals surface area contributed by atoms with Crippen LogP contribution in [0.15, 0.2) is 17.2 Å². The average molecular weight is 279 g/mol. The molecule has 0 spiro atoms. The van der Waals surface area contributed by atoms with Crippen molar-refractivity contribution in [3.8, 4) is 0 Å². The second-order valence-electron chi connectivity index (χ2n) is 3.86. The molecule has 1 saturated heterocycles. The van der Waals surface area contributed by atoms with E-state index in [0.717, 1.165) is 6.42 Å². The second kappa shape index (κ2) is 5.39. The van der Waals surface area contributed by atoms with Crippen LogP contribution in [0, 0.1) is 0 Å². The number of halogens is 1. The maximum absolute atomic E-state index is 12.3. The lowest BCUT2D eigenvalue weighted by atomic mass is 10.5. The number of H-pyrrole nitrogens is 1. The van der Waals surface area contributed by atoms with Crippen molar-refractivity contribution in [2.24, 2.45) is 0 Å². The first-order valence-corrected chi connectivity index (χ1v) is 7.43. The van der Waals surface area contributed by atoms with Crippen molar-refractivity contribution >= 4 is 21.6 Å². The van der Waals surface area contributed by atoms with Crippen molar-refractivity contribution in [3.63, 3.8) is 0 Å². The van der Waals surface area contributed by atoms with Crippen LogP contribution < -0.4 is 0 Å². The first kappa shape index (κ1) is 12.9. The van der Waals surface area contributed by atoms with Crippen LogP contribution >= 0.6 is 11.6 Å². The normalized spacial score (nSPS) is 19.1. The van der Waals surface area contributed by atoms with Gasteiger partial charge in [-0.25, -0.2) is 8.42 Å². The van der Waals surface area contributed by atoms with Crippen molar-refractivity contribution < 1.29 is 13.2 Å². The Kier molecular flexibility index (Phi) is 4.09. The van der Waals surface area contributed by atoms with E-state index in [0.29, 0.717) is 32.0 Å². The molecule has 0 radical (unpaired) electrons. The Morgan fingerprint density at radius 2 is 2.24 bits per heavy atom. The number of alkyl halides is 1. The molecule has 0 aromatic carbocycles. The van der Waals surface area contributed by atoms with E-state index >= 15 is 0 Å². The van der Waals surface area contributed by atoms with E-state index in [2.05, 4.69) is 4.98 Å². The monoisotopic (exact) mass is 278 g/mol. The fraction of sp³-hybridized carbons (Fsp3) is 0.600. The highest BCUT2D eigenvalue weighted by atomic mass is 35.5. The topological polar surface area (TPSA) is 62.4 Å². The van der Waals surface area contributed by atoms with Crippen LogP contribution in [0.5, 0.6) is 0 Å². The van der Waals surface area contributed by atoms with Crippen LogP contribution in [0.25, 0.3) is 0 Å². The van der Waals surface area contributed by atoms with Crippen molar-refractivity contribution in [1.82, 2.24) is 9.29 Å². The third-order valence-corrected chi connectivity index (χ3v) is 4.84. The summed E-state index contributed by atoms with van der Waals surface area (Å²) in [7, 11) is -3.41. The predicted octanol–water partition coefficient (Wildman–Crippen LogP) is 1.16. The lowest BCUT2D eigenvalue weighted by Gasteiger charge is -2.18. The molecule has 0 saturated carbocycles. The van der Waals surface area contributed by atoms with Gasteiger partial charge >= 0.3 is 0 Å². The summed E-state index contributed by atoms with van der Waals surface area (Å²) >= 11 is 5.64. The quantitative estimate of drug-likeness (QED) is 0.844. The molecule has 5 nitrogen and oxygen atoms in total. The summed E-state index contributed by atoms with van der Waals surface area (Å²) in [6.07, 6.45) is 2.21. The van der Waals surface area contributed by atoms with Gasteiger partial charge in [0, 0.05) is 31.6 Å². The zero-order chi connectivity index (χ0) is 12.3. The lowest BCUT2D eigenvalue weighted by molar-refractivity contribution is 0.148. The SMILES string of the molecule is O=S(=O)(c1c[nH]c(CCl)c1)N1CCCOCC1. The van der Waals surface area contributed by atoms with Gasteiger partial charge in [-0.2, -0.15) is 4.31 Å². The van der Waals surface area contributed by atoms with Crippen LogP contribution in [0.1, 0.15) is 12.1 Å². The van der Waals surface area contributed by atoms with E-state index in [-0.39, 0.29) is 10.8 Å². The molecule has 0 unspecified atom stereocenters. The predicted molar refractivity (Wildman–Crippen MR) is 64.5 cm³/mol. The highest BCUT2D eigenvalue weighted by Crippen LogP contribution is 2.18. The molecule has 1 aliphatic rings. The van der Waals surface area contributed by atoms with Crippen molar-refractivity contribution in [1.29, 1.82) is 0 Å². The van der Waals surface area contributed by atoms with Gasteiger partial charge in [0.15, 0.2) is 0 Å². The van der Waals surface area contributed by atoms with Gasteiger partial charge in [-0.05, 0) is 12.5 Å². The summed E-state index contributed by atoms with van der Waals surface area (Å²) in [6, 6.07) is 1.58. The van der Waals surface area contributed by atoms with E-state index in [1.54, 1.807) is 6.07 Å². The molecule has 1 N–H and O–H groups in total. The van der Waals surface area contributed by atoms with E-state index in [9.17, 15) is 8.42 Å². The largest absolute Gasteiger partial charge is 0.380 e. The molecule has 0 amide bonds. The smallest absolute Gasteiger partial charge is 0.244 e. The van der Waals surface area contributed by atoms with Gasteiger partial charge in [0.1, 0.15) is 0 Å². The van der Waals surface area contributed by atoms with E-state index in [1.165, 1.54) is 10.5 Å². The van der Waals surface area contributed by atoms with Crippen molar-refractivity contribution in [2.75, 3.05) is 26.3 Å².